The van der Waals surface area contributed by atoms with Crippen molar-refractivity contribution >= 4 is 5.71 Å². The number of aryl methyl sites for hydroxylation is 1. The van der Waals surface area contributed by atoms with Crippen molar-refractivity contribution in [1.29, 1.82) is 0 Å². The summed E-state index contributed by atoms with van der Waals surface area (Å²) in [7, 11) is 1.50. The van der Waals surface area contributed by atoms with E-state index in [1.54, 1.807) is 0 Å². The first kappa shape index (κ1) is 8.23. The lowest BCUT2D eigenvalue weighted by atomic mass is 10.1. The molecule has 0 atom stereocenters. The monoisotopic (exact) mass is 179 g/mol. The maximum absolute atomic E-state index is 12.9. The largest absolute Gasteiger partial charge is 0.399 e. The number of rotatable bonds is 1. The van der Waals surface area contributed by atoms with Crippen LogP contribution >= 0.6 is 0 Å². The minimum atomic E-state index is -0.218. The Hall–Kier alpha value is -1.38. The van der Waals surface area contributed by atoms with Gasteiger partial charge in [-0.05, 0) is 30.5 Å². The van der Waals surface area contributed by atoms with Crippen molar-refractivity contribution in [3.63, 3.8) is 0 Å². The number of hydrogen-bond acceptors (Lipinski definition) is 2. The van der Waals surface area contributed by atoms with Gasteiger partial charge >= 0.3 is 0 Å². The van der Waals surface area contributed by atoms with Crippen LogP contribution in [0.5, 0.6) is 0 Å². The molecular weight excluding hydrogens is 169 g/mol. The van der Waals surface area contributed by atoms with Gasteiger partial charge in [-0.2, -0.15) is 0 Å². The Labute approximate surface area is 76.0 Å². The molecule has 0 saturated carbocycles. The second kappa shape index (κ2) is 3.17. The molecule has 0 bridgehead atoms. The number of hydrogen-bond donors (Lipinski definition) is 0. The second-order valence-corrected chi connectivity index (χ2v) is 3.02. The van der Waals surface area contributed by atoms with Crippen LogP contribution < -0.4 is 0 Å². The third-order valence-electron chi connectivity index (χ3n) is 2.22. The smallest absolute Gasteiger partial charge is 0.123 e. The highest BCUT2D eigenvalue weighted by Crippen LogP contribution is 2.23. The van der Waals surface area contributed by atoms with E-state index in [-0.39, 0.29) is 5.82 Å². The van der Waals surface area contributed by atoms with E-state index in [1.165, 1.54) is 19.2 Å². The van der Waals surface area contributed by atoms with Crippen molar-refractivity contribution in [3.05, 3.63) is 35.1 Å². The van der Waals surface area contributed by atoms with Crippen molar-refractivity contribution in [1.82, 2.24) is 0 Å². The molecular formula is C10H10FNO. The fraction of sp³-hybridized carbons (Fsp3) is 0.300. The third kappa shape index (κ3) is 1.41. The van der Waals surface area contributed by atoms with E-state index in [0.717, 1.165) is 29.7 Å². The zero-order valence-electron chi connectivity index (χ0n) is 7.38. The molecule has 68 valence electrons. The molecule has 1 aromatic carbocycles. The van der Waals surface area contributed by atoms with Crippen LogP contribution in [0.3, 0.4) is 0 Å². The lowest BCUT2D eigenvalue weighted by Crippen LogP contribution is -1.95. The number of halogens is 1. The SMILES string of the molecule is CO/N=C1\CCc2ccc(F)cc21. The minimum absolute atomic E-state index is 0.218. The Morgan fingerprint density at radius 3 is 3.00 bits per heavy atom. The fourth-order valence-electron chi connectivity index (χ4n) is 1.63. The van der Waals surface area contributed by atoms with E-state index in [1.807, 2.05) is 6.07 Å². The fourth-order valence-corrected chi connectivity index (χ4v) is 1.63. The first-order valence-electron chi connectivity index (χ1n) is 4.20. The van der Waals surface area contributed by atoms with Crippen molar-refractivity contribution in [2.24, 2.45) is 5.16 Å². The van der Waals surface area contributed by atoms with Gasteiger partial charge in [0.05, 0.1) is 5.71 Å². The van der Waals surface area contributed by atoms with Gasteiger partial charge in [0.1, 0.15) is 12.9 Å². The first-order chi connectivity index (χ1) is 6.31. The van der Waals surface area contributed by atoms with E-state index in [9.17, 15) is 4.39 Å². The quantitative estimate of drug-likeness (QED) is 0.605. The summed E-state index contributed by atoms with van der Waals surface area (Å²) in [5, 5.41) is 3.86. The first-order valence-corrected chi connectivity index (χ1v) is 4.20. The predicted molar refractivity (Wildman–Crippen MR) is 48.3 cm³/mol. The van der Waals surface area contributed by atoms with Gasteiger partial charge in [0.2, 0.25) is 0 Å². The van der Waals surface area contributed by atoms with Gasteiger partial charge in [-0.3, -0.25) is 0 Å². The van der Waals surface area contributed by atoms with E-state index in [2.05, 4.69) is 9.99 Å². The number of nitrogens with zero attached hydrogens (tertiary/aromatic N) is 1. The van der Waals surface area contributed by atoms with E-state index in [4.69, 9.17) is 0 Å². The Bertz CT molecular complexity index is 360. The maximum Gasteiger partial charge on any atom is 0.123 e. The van der Waals surface area contributed by atoms with Crippen LogP contribution in [0.4, 0.5) is 4.39 Å². The zero-order valence-corrected chi connectivity index (χ0v) is 7.38. The van der Waals surface area contributed by atoms with Crippen LogP contribution in [-0.4, -0.2) is 12.8 Å². The summed E-state index contributed by atoms with van der Waals surface area (Å²) in [6.07, 6.45) is 1.77. The molecule has 0 aliphatic heterocycles. The summed E-state index contributed by atoms with van der Waals surface area (Å²) < 4.78 is 12.9. The predicted octanol–water partition coefficient (Wildman–Crippen LogP) is 2.12. The lowest BCUT2D eigenvalue weighted by Gasteiger charge is -1.98. The molecule has 0 aromatic heterocycles. The topological polar surface area (TPSA) is 21.6 Å². The highest BCUT2D eigenvalue weighted by Gasteiger charge is 2.18. The van der Waals surface area contributed by atoms with Crippen LogP contribution in [0.1, 0.15) is 17.5 Å². The average Bonchev–Trinajstić information content (AvgIpc) is 2.49. The van der Waals surface area contributed by atoms with Gasteiger partial charge in [-0.1, -0.05) is 11.2 Å². The Balaban J connectivity index is 2.46. The molecule has 0 fully saturated rings. The molecule has 1 aliphatic carbocycles. The molecule has 0 saturated heterocycles. The standard InChI is InChI=1S/C10H10FNO/c1-13-12-10-5-3-7-2-4-8(11)6-9(7)10/h2,4,6H,3,5H2,1H3/b12-10+. The van der Waals surface area contributed by atoms with Gasteiger partial charge in [0.15, 0.2) is 0 Å². The lowest BCUT2D eigenvalue weighted by molar-refractivity contribution is 0.213. The van der Waals surface area contributed by atoms with Crippen LogP contribution in [0.25, 0.3) is 0 Å². The molecule has 13 heavy (non-hydrogen) atoms. The zero-order chi connectivity index (χ0) is 9.26. The number of oxime groups is 1. The Morgan fingerprint density at radius 1 is 1.38 bits per heavy atom. The summed E-state index contributed by atoms with van der Waals surface area (Å²) >= 11 is 0. The van der Waals surface area contributed by atoms with E-state index >= 15 is 0 Å². The molecule has 0 amide bonds. The summed E-state index contributed by atoms with van der Waals surface area (Å²) in [4.78, 5) is 4.69. The Kier molecular flexibility index (Phi) is 2.00. The molecule has 0 radical (unpaired) electrons. The number of benzene rings is 1. The molecule has 0 heterocycles. The van der Waals surface area contributed by atoms with Crippen LogP contribution in [0.2, 0.25) is 0 Å². The normalized spacial score (nSPS) is 17.5. The molecule has 3 heteroatoms. The molecule has 1 aliphatic rings. The summed E-state index contributed by atoms with van der Waals surface area (Å²) in [5.41, 5.74) is 2.89. The van der Waals surface area contributed by atoms with Crippen LogP contribution in [-0.2, 0) is 11.3 Å². The molecule has 0 N–H and O–H groups in total. The maximum atomic E-state index is 12.9. The van der Waals surface area contributed by atoms with Gasteiger partial charge in [0, 0.05) is 5.56 Å². The van der Waals surface area contributed by atoms with Gasteiger partial charge in [0.25, 0.3) is 0 Å². The molecule has 0 spiro atoms. The van der Waals surface area contributed by atoms with Crippen molar-refractivity contribution in [3.8, 4) is 0 Å². The molecule has 0 unspecified atom stereocenters. The van der Waals surface area contributed by atoms with Crippen molar-refractivity contribution in [2.45, 2.75) is 12.8 Å². The second-order valence-electron chi connectivity index (χ2n) is 3.02. The van der Waals surface area contributed by atoms with E-state index < -0.39 is 0 Å². The van der Waals surface area contributed by atoms with Crippen molar-refractivity contribution in [2.75, 3.05) is 7.11 Å². The minimum Gasteiger partial charge on any atom is -0.399 e. The third-order valence-corrected chi connectivity index (χ3v) is 2.22. The Morgan fingerprint density at radius 2 is 2.23 bits per heavy atom. The summed E-state index contributed by atoms with van der Waals surface area (Å²) in [5.74, 6) is -0.218. The molecule has 2 rings (SSSR count). The van der Waals surface area contributed by atoms with Crippen LogP contribution in [0.15, 0.2) is 23.4 Å². The molecule has 1 aromatic rings. The summed E-state index contributed by atoms with van der Waals surface area (Å²) in [6, 6.07) is 4.80. The highest BCUT2D eigenvalue weighted by molar-refractivity contribution is 6.04. The number of fused-ring (bicyclic) bond motifs is 1. The van der Waals surface area contributed by atoms with Crippen molar-refractivity contribution < 1.29 is 9.23 Å². The highest BCUT2D eigenvalue weighted by atomic mass is 19.1. The summed E-state index contributed by atoms with van der Waals surface area (Å²) in [6.45, 7) is 0. The van der Waals surface area contributed by atoms with E-state index in [0.29, 0.717) is 0 Å². The van der Waals surface area contributed by atoms with Gasteiger partial charge < -0.3 is 4.84 Å². The molecule has 2 nitrogen and oxygen atoms in total. The average molecular weight is 179 g/mol. The van der Waals surface area contributed by atoms with Crippen LogP contribution in [0, 0.1) is 5.82 Å². The van der Waals surface area contributed by atoms with Gasteiger partial charge in [-0.15, -0.1) is 0 Å². The van der Waals surface area contributed by atoms with Gasteiger partial charge in [-0.25, -0.2) is 4.39 Å².